The molecule has 1 amide bonds. The van der Waals surface area contributed by atoms with Crippen LogP contribution in [0, 0.1) is 6.92 Å². The Morgan fingerprint density at radius 1 is 1.16 bits per heavy atom. The number of carbonyl (C=O) groups excluding carboxylic acids is 1. The number of ether oxygens (including phenoxy) is 2. The number of hydrogen-bond acceptors (Lipinski definition) is 5. The van der Waals surface area contributed by atoms with Gasteiger partial charge in [0.05, 0.1) is 6.10 Å². The number of rotatable bonds is 6. The van der Waals surface area contributed by atoms with E-state index in [9.17, 15) is 9.59 Å². The molecule has 7 nitrogen and oxygen atoms in total. The molecule has 1 atom stereocenters. The Hall–Kier alpha value is -2.64. The van der Waals surface area contributed by atoms with Crippen molar-refractivity contribution < 1.29 is 14.3 Å². The van der Waals surface area contributed by atoms with E-state index in [4.69, 9.17) is 9.47 Å². The lowest BCUT2D eigenvalue weighted by Crippen LogP contribution is -2.37. The van der Waals surface area contributed by atoms with Crippen molar-refractivity contribution in [3.63, 3.8) is 0 Å². The molecule has 2 saturated heterocycles. The quantitative estimate of drug-likeness (QED) is 0.742. The van der Waals surface area contributed by atoms with Crippen LogP contribution in [0.15, 0.2) is 41.3 Å². The SMILES string of the molecule is Cc1ccn(C2CCNCC2)c(=O)c1C(=O)Nc1ccc(OCC2CCCCO2)cc1. The number of aromatic nitrogens is 1. The summed E-state index contributed by atoms with van der Waals surface area (Å²) in [4.78, 5) is 26.0. The molecular weight excluding hydrogens is 394 g/mol. The Labute approximate surface area is 182 Å². The van der Waals surface area contributed by atoms with Gasteiger partial charge in [-0.3, -0.25) is 9.59 Å². The van der Waals surface area contributed by atoms with E-state index in [0.717, 1.165) is 51.1 Å². The summed E-state index contributed by atoms with van der Waals surface area (Å²) < 4.78 is 13.2. The van der Waals surface area contributed by atoms with Gasteiger partial charge in [-0.15, -0.1) is 0 Å². The zero-order chi connectivity index (χ0) is 21.6. The van der Waals surface area contributed by atoms with Gasteiger partial charge in [-0.25, -0.2) is 0 Å². The third kappa shape index (κ3) is 5.35. The summed E-state index contributed by atoms with van der Waals surface area (Å²) in [5.74, 6) is 0.353. The average molecular weight is 426 g/mol. The van der Waals surface area contributed by atoms with Gasteiger partial charge in [-0.2, -0.15) is 0 Å². The molecule has 7 heteroatoms. The van der Waals surface area contributed by atoms with Crippen LogP contribution in [0.1, 0.15) is 54.1 Å². The monoisotopic (exact) mass is 425 g/mol. The second kappa shape index (κ2) is 10.1. The maximum Gasteiger partial charge on any atom is 0.263 e. The van der Waals surface area contributed by atoms with Gasteiger partial charge in [0.25, 0.3) is 11.5 Å². The van der Waals surface area contributed by atoms with Gasteiger partial charge in [-0.05, 0) is 88.0 Å². The molecule has 0 aliphatic carbocycles. The summed E-state index contributed by atoms with van der Waals surface area (Å²) in [5.41, 5.74) is 1.29. The Morgan fingerprint density at radius 3 is 2.65 bits per heavy atom. The molecule has 0 spiro atoms. The van der Waals surface area contributed by atoms with Crippen molar-refractivity contribution in [3.05, 3.63) is 58.0 Å². The first-order chi connectivity index (χ1) is 15.1. The average Bonchev–Trinajstić information content (AvgIpc) is 2.80. The van der Waals surface area contributed by atoms with Crippen LogP contribution in [0.5, 0.6) is 5.75 Å². The van der Waals surface area contributed by atoms with Gasteiger partial charge in [0, 0.05) is 24.5 Å². The van der Waals surface area contributed by atoms with Crippen molar-refractivity contribution in [2.75, 3.05) is 31.6 Å². The Balaban J connectivity index is 1.41. The molecule has 2 fully saturated rings. The minimum atomic E-state index is -0.380. The number of hydrogen-bond donors (Lipinski definition) is 2. The van der Waals surface area contributed by atoms with E-state index in [1.807, 2.05) is 24.4 Å². The number of anilines is 1. The van der Waals surface area contributed by atoms with Crippen molar-refractivity contribution in [2.24, 2.45) is 0 Å². The van der Waals surface area contributed by atoms with Gasteiger partial charge >= 0.3 is 0 Å². The summed E-state index contributed by atoms with van der Waals surface area (Å²) in [5, 5.41) is 6.16. The Bertz CT molecular complexity index is 942. The van der Waals surface area contributed by atoms with Gasteiger partial charge < -0.3 is 24.7 Å². The Kier molecular flexibility index (Phi) is 7.04. The molecule has 0 saturated carbocycles. The van der Waals surface area contributed by atoms with Crippen molar-refractivity contribution in [1.29, 1.82) is 0 Å². The van der Waals surface area contributed by atoms with Crippen LogP contribution in [-0.2, 0) is 4.74 Å². The molecular formula is C24H31N3O4. The van der Waals surface area contributed by atoms with Crippen LogP contribution in [0.25, 0.3) is 0 Å². The lowest BCUT2D eigenvalue weighted by Gasteiger charge is -2.25. The first-order valence-corrected chi connectivity index (χ1v) is 11.2. The molecule has 2 N–H and O–H groups in total. The fraction of sp³-hybridized carbons (Fsp3) is 0.500. The van der Waals surface area contributed by atoms with Crippen LogP contribution >= 0.6 is 0 Å². The number of aryl methyl sites for hydroxylation is 1. The Morgan fingerprint density at radius 2 is 1.94 bits per heavy atom. The summed E-state index contributed by atoms with van der Waals surface area (Å²) >= 11 is 0. The molecule has 2 aromatic rings. The third-order valence-corrected chi connectivity index (χ3v) is 6.08. The molecule has 0 radical (unpaired) electrons. The topological polar surface area (TPSA) is 81.6 Å². The molecule has 3 heterocycles. The van der Waals surface area contributed by atoms with Crippen LogP contribution in [0.4, 0.5) is 5.69 Å². The minimum absolute atomic E-state index is 0.130. The molecule has 31 heavy (non-hydrogen) atoms. The number of nitrogens with zero attached hydrogens (tertiary/aromatic N) is 1. The molecule has 2 aliphatic heterocycles. The second-order valence-corrected chi connectivity index (χ2v) is 8.35. The number of benzene rings is 1. The van der Waals surface area contributed by atoms with Gasteiger partial charge in [-0.1, -0.05) is 0 Å². The highest BCUT2D eigenvalue weighted by Gasteiger charge is 2.21. The molecule has 166 valence electrons. The molecule has 0 bridgehead atoms. The lowest BCUT2D eigenvalue weighted by atomic mass is 10.0. The van der Waals surface area contributed by atoms with E-state index < -0.39 is 0 Å². The van der Waals surface area contributed by atoms with Crippen molar-refractivity contribution in [1.82, 2.24) is 9.88 Å². The molecule has 4 rings (SSSR count). The molecule has 1 unspecified atom stereocenters. The predicted molar refractivity (Wildman–Crippen MR) is 120 cm³/mol. The summed E-state index contributed by atoms with van der Waals surface area (Å²) in [6.45, 7) is 4.90. The van der Waals surface area contributed by atoms with Crippen molar-refractivity contribution >= 4 is 11.6 Å². The predicted octanol–water partition coefficient (Wildman–Crippen LogP) is 3.28. The summed E-state index contributed by atoms with van der Waals surface area (Å²) in [6, 6.07) is 9.21. The number of amides is 1. The standard InChI is InChI=1S/C24H31N3O4/c1-17-11-14-27(19-9-12-25-13-10-19)24(29)22(17)23(28)26-18-5-7-20(8-6-18)31-16-21-4-2-3-15-30-21/h5-8,11,14,19,21,25H,2-4,9-10,12-13,15-16H2,1H3,(H,26,28). The van der Waals surface area contributed by atoms with Gasteiger partial charge in [0.15, 0.2) is 0 Å². The van der Waals surface area contributed by atoms with E-state index in [1.165, 1.54) is 6.42 Å². The highest BCUT2D eigenvalue weighted by atomic mass is 16.5. The van der Waals surface area contributed by atoms with E-state index in [0.29, 0.717) is 17.9 Å². The van der Waals surface area contributed by atoms with Crippen LogP contribution in [-0.4, -0.2) is 42.9 Å². The summed E-state index contributed by atoms with van der Waals surface area (Å²) in [6.07, 6.45) is 7.06. The largest absolute Gasteiger partial charge is 0.491 e. The van der Waals surface area contributed by atoms with E-state index in [2.05, 4.69) is 10.6 Å². The first-order valence-electron chi connectivity index (χ1n) is 11.2. The molecule has 1 aromatic heterocycles. The number of nitrogens with one attached hydrogen (secondary N) is 2. The third-order valence-electron chi connectivity index (χ3n) is 6.08. The highest BCUT2D eigenvalue weighted by Crippen LogP contribution is 2.20. The fourth-order valence-electron chi connectivity index (χ4n) is 4.25. The zero-order valence-electron chi connectivity index (χ0n) is 18.1. The highest BCUT2D eigenvalue weighted by molar-refractivity contribution is 6.05. The second-order valence-electron chi connectivity index (χ2n) is 8.35. The lowest BCUT2D eigenvalue weighted by molar-refractivity contribution is -0.0110. The van der Waals surface area contributed by atoms with Gasteiger partial charge in [0.2, 0.25) is 0 Å². The van der Waals surface area contributed by atoms with E-state index >= 15 is 0 Å². The summed E-state index contributed by atoms with van der Waals surface area (Å²) in [7, 11) is 0. The zero-order valence-corrected chi connectivity index (χ0v) is 18.1. The van der Waals surface area contributed by atoms with Crippen LogP contribution < -0.4 is 20.9 Å². The van der Waals surface area contributed by atoms with Crippen LogP contribution in [0.3, 0.4) is 0 Å². The normalized spacial score (nSPS) is 19.7. The van der Waals surface area contributed by atoms with E-state index in [-0.39, 0.29) is 29.2 Å². The van der Waals surface area contributed by atoms with Crippen molar-refractivity contribution in [2.45, 2.75) is 51.2 Å². The first kappa shape index (κ1) is 21.6. The maximum absolute atomic E-state index is 13.1. The maximum atomic E-state index is 13.1. The fourth-order valence-corrected chi connectivity index (χ4v) is 4.25. The number of carbonyl (C=O) groups is 1. The van der Waals surface area contributed by atoms with E-state index in [1.54, 1.807) is 23.6 Å². The number of piperidine rings is 1. The van der Waals surface area contributed by atoms with Crippen LogP contribution in [0.2, 0.25) is 0 Å². The van der Waals surface area contributed by atoms with Crippen molar-refractivity contribution in [3.8, 4) is 5.75 Å². The molecule has 2 aliphatic rings. The molecule has 1 aromatic carbocycles. The smallest absolute Gasteiger partial charge is 0.263 e. The van der Waals surface area contributed by atoms with Gasteiger partial charge in [0.1, 0.15) is 17.9 Å². The minimum Gasteiger partial charge on any atom is -0.491 e. The number of pyridine rings is 1.